The Kier molecular flexibility index (Phi) is 6.33. The standard InChI is InChI=1S/C15H12F3N3O3S2/c1-23-10-4-3-9(11(5-10)24-2)7-21(13(22)15(16,17)18)14-20-6-12(26-14)25-8-19/h3-6H,7H2,1-2H3. The number of alkyl halides is 3. The molecule has 138 valence electrons. The van der Waals surface area contributed by atoms with Gasteiger partial charge in [-0.05, 0) is 12.1 Å². The zero-order chi connectivity index (χ0) is 19.3. The first-order chi connectivity index (χ1) is 12.3. The Morgan fingerprint density at radius 2 is 2.12 bits per heavy atom. The molecule has 1 aromatic carbocycles. The third-order valence-electron chi connectivity index (χ3n) is 3.16. The molecule has 26 heavy (non-hydrogen) atoms. The smallest absolute Gasteiger partial charge is 0.471 e. The number of methoxy groups -OCH3 is 2. The molecule has 0 atom stereocenters. The molecular weight excluding hydrogens is 391 g/mol. The van der Waals surface area contributed by atoms with Crippen LogP contribution < -0.4 is 14.4 Å². The van der Waals surface area contributed by atoms with Crippen LogP contribution in [0.4, 0.5) is 18.3 Å². The summed E-state index contributed by atoms with van der Waals surface area (Å²) in [5.41, 5.74) is 0.343. The Balaban J connectivity index is 2.41. The molecule has 0 saturated heterocycles. The summed E-state index contributed by atoms with van der Waals surface area (Å²) < 4.78 is 49.7. The SMILES string of the molecule is COc1ccc(CN(C(=O)C(F)(F)F)c2ncc(SC#N)s2)c(OC)c1. The van der Waals surface area contributed by atoms with Gasteiger partial charge in [0.2, 0.25) is 0 Å². The topological polar surface area (TPSA) is 75.5 Å². The molecule has 1 heterocycles. The lowest BCUT2D eigenvalue weighted by Gasteiger charge is -2.22. The molecule has 2 rings (SSSR count). The van der Waals surface area contributed by atoms with Crippen LogP contribution in [0.2, 0.25) is 0 Å². The van der Waals surface area contributed by atoms with Gasteiger partial charge < -0.3 is 9.47 Å². The number of ether oxygens (including phenoxy) is 2. The van der Waals surface area contributed by atoms with Crippen LogP contribution in [-0.4, -0.2) is 31.3 Å². The summed E-state index contributed by atoms with van der Waals surface area (Å²) in [4.78, 5) is 16.2. The number of carbonyl (C=O) groups excluding carboxylic acids is 1. The number of nitrogens with zero attached hydrogens (tertiary/aromatic N) is 3. The lowest BCUT2D eigenvalue weighted by atomic mass is 10.1. The molecule has 2 aromatic rings. The van der Waals surface area contributed by atoms with E-state index in [-0.39, 0.29) is 10.9 Å². The van der Waals surface area contributed by atoms with Crippen molar-refractivity contribution in [1.82, 2.24) is 4.98 Å². The monoisotopic (exact) mass is 403 g/mol. The Labute approximate surface area is 155 Å². The van der Waals surface area contributed by atoms with Crippen molar-refractivity contribution in [3.63, 3.8) is 0 Å². The molecule has 11 heteroatoms. The van der Waals surface area contributed by atoms with Crippen molar-refractivity contribution in [2.24, 2.45) is 0 Å². The summed E-state index contributed by atoms with van der Waals surface area (Å²) in [6, 6.07) is 4.56. The minimum atomic E-state index is -5.08. The van der Waals surface area contributed by atoms with Crippen LogP contribution in [0.15, 0.2) is 28.6 Å². The van der Waals surface area contributed by atoms with Crippen LogP contribution in [0, 0.1) is 10.7 Å². The van der Waals surface area contributed by atoms with Gasteiger partial charge in [-0.25, -0.2) is 4.98 Å². The Bertz CT molecular complexity index is 834. The Morgan fingerprint density at radius 3 is 2.69 bits per heavy atom. The minimum Gasteiger partial charge on any atom is -0.497 e. The molecule has 0 unspecified atom stereocenters. The zero-order valence-electron chi connectivity index (χ0n) is 13.5. The number of anilines is 1. The van der Waals surface area contributed by atoms with E-state index in [9.17, 15) is 18.0 Å². The molecule has 0 spiro atoms. The van der Waals surface area contributed by atoms with E-state index in [1.807, 2.05) is 0 Å². The number of benzene rings is 1. The molecule has 0 bridgehead atoms. The van der Waals surface area contributed by atoms with E-state index < -0.39 is 18.6 Å². The second kappa shape index (κ2) is 8.29. The number of halogens is 3. The van der Waals surface area contributed by atoms with E-state index >= 15 is 0 Å². The van der Waals surface area contributed by atoms with Gasteiger partial charge in [-0.3, -0.25) is 9.69 Å². The highest BCUT2D eigenvalue weighted by molar-refractivity contribution is 8.05. The molecule has 6 nitrogen and oxygen atoms in total. The molecule has 0 aliphatic heterocycles. The summed E-state index contributed by atoms with van der Waals surface area (Å²) in [5.74, 6) is -1.33. The van der Waals surface area contributed by atoms with E-state index in [1.165, 1.54) is 32.5 Å². The molecule has 0 radical (unpaired) electrons. The van der Waals surface area contributed by atoms with Crippen LogP contribution >= 0.6 is 23.1 Å². The van der Waals surface area contributed by atoms with Gasteiger partial charge in [0.05, 0.1) is 31.2 Å². The van der Waals surface area contributed by atoms with E-state index in [2.05, 4.69) is 4.98 Å². The molecule has 0 fully saturated rings. The van der Waals surface area contributed by atoms with Crippen molar-refractivity contribution in [3.05, 3.63) is 30.0 Å². The lowest BCUT2D eigenvalue weighted by Crippen LogP contribution is -2.40. The molecule has 0 saturated carbocycles. The number of nitriles is 1. The average molecular weight is 403 g/mol. The summed E-state index contributed by atoms with van der Waals surface area (Å²) in [6.45, 7) is -0.407. The average Bonchev–Trinajstić information content (AvgIpc) is 3.07. The summed E-state index contributed by atoms with van der Waals surface area (Å²) in [7, 11) is 2.80. The van der Waals surface area contributed by atoms with Gasteiger partial charge in [-0.2, -0.15) is 18.4 Å². The Morgan fingerprint density at radius 1 is 1.38 bits per heavy atom. The fourth-order valence-electron chi connectivity index (χ4n) is 2.00. The van der Waals surface area contributed by atoms with Crippen LogP contribution in [0.1, 0.15) is 5.56 Å². The number of thiazole rings is 1. The first-order valence-electron chi connectivity index (χ1n) is 6.91. The number of thioether (sulfide) groups is 1. The van der Waals surface area contributed by atoms with Gasteiger partial charge in [-0.1, -0.05) is 11.3 Å². The van der Waals surface area contributed by atoms with E-state index in [1.54, 1.807) is 11.5 Å². The van der Waals surface area contributed by atoms with Crippen molar-refractivity contribution < 1.29 is 27.4 Å². The van der Waals surface area contributed by atoms with E-state index in [0.29, 0.717) is 20.4 Å². The number of amides is 1. The quantitative estimate of drug-likeness (QED) is 0.539. The molecule has 0 N–H and O–H groups in total. The maximum Gasteiger partial charge on any atom is 0.471 e. The van der Waals surface area contributed by atoms with Gasteiger partial charge in [0.1, 0.15) is 16.9 Å². The van der Waals surface area contributed by atoms with Crippen LogP contribution in [-0.2, 0) is 11.3 Å². The van der Waals surface area contributed by atoms with Gasteiger partial charge in [0, 0.05) is 23.4 Å². The maximum atomic E-state index is 13.0. The Hall–Kier alpha value is -2.45. The number of thiocyanates is 1. The fraction of sp³-hybridized carbons (Fsp3) is 0.267. The van der Waals surface area contributed by atoms with Gasteiger partial charge in [0.15, 0.2) is 5.13 Å². The highest BCUT2D eigenvalue weighted by Crippen LogP contribution is 2.35. The second-order valence-electron chi connectivity index (χ2n) is 4.72. The summed E-state index contributed by atoms with van der Waals surface area (Å²) >= 11 is 1.57. The van der Waals surface area contributed by atoms with Gasteiger partial charge >= 0.3 is 12.1 Å². The van der Waals surface area contributed by atoms with Crippen molar-refractivity contribution >= 4 is 34.1 Å². The van der Waals surface area contributed by atoms with Crippen LogP contribution in [0.25, 0.3) is 0 Å². The zero-order valence-corrected chi connectivity index (χ0v) is 15.2. The number of aromatic nitrogens is 1. The molecule has 1 aromatic heterocycles. The maximum absolute atomic E-state index is 13.0. The second-order valence-corrected chi connectivity index (χ2v) is 6.82. The van der Waals surface area contributed by atoms with Crippen molar-refractivity contribution in [2.75, 3.05) is 19.1 Å². The molecular formula is C15H12F3N3O3S2. The van der Waals surface area contributed by atoms with Gasteiger partial charge in [0.25, 0.3) is 0 Å². The third kappa shape index (κ3) is 4.59. The van der Waals surface area contributed by atoms with Gasteiger partial charge in [-0.15, -0.1) is 0 Å². The lowest BCUT2D eigenvalue weighted by molar-refractivity contribution is -0.170. The minimum absolute atomic E-state index is 0.164. The number of rotatable bonds is 6. The van der Waals surface area contributed by atoms with E-state index in [4.69, 9.17) is 14.7 Å². The highest BCUT2D eigenvalue weighted by atomic mass is 32.2. The highest BCUT2D eigenvalue weighted by Gasteiger charge is 2.44. The van der Waals surface area contributed by atoms with Crippen LogP contribution in [0.5, 0.6) is 11.5 Å². The van der Waals surface area contributed by atoms with Crippen molar-refractivity contribution in [1.29, 1.82) is 5.26 Å². The third-order valence-corrected chi connectivity index (χ3v) is 4.87. The van der Waals surface area contributed by atoms with E-state index in [0.717, 1.165) is 23.1 Å². The number of carbonyl (C=O) groups is 1. The predicted molar refractivity (Wildman–Crippen MR) is 90.4 cm³/mol. The summed E-state index contributed by atoms with van der Waals surface area (Å²) in [6.07, 6.45) is -3.83. The molecule has 0 aliphatic carbocycles. The van der Waals surface area contributed by atoms with Crippen molar-refractivity contribution in [3.8, 4) is 16.9 Å². The summed E-state index contributed by atoms with van der Waals surface area (Å²) in [5, 5.41) is 10.3. The predicted octanol–water partition coefficient (Wildman–Crippen LogP) is 3.83. The number of hydrogen-bond donors (Lipinski definition) is 0. The molecule has 0 aliphatic rings. The first-order valence-corrected chi connectivity index (χ1v) is 8.54. The van der Waals surface area contributed by atoms with Crippen LogP contribution in [0.3, 0.4) is 0 Å². The normalized spacial score (nSPS) is 10.9. The van der Waals surface area contributed by atoms with Crippen molar-refractivity contribution in [2.45, 2.75) is 16.9 Å². The fourth-order valence-corrected chi connectivity index (χ4v) is 3.35. The molecule has 1 amide bonds. The number of hydrogen-bond acceptors (Lipinski definition) is 7. The largest absolute Gasteiger partial charge is 0.497 e. The first kappa shape index (κ1) is 19.9.